The Balaban J connectivity index is 1.93. The van der Waals surface area contributed by atoms with E-state index >= 15 is 0 Å². The highest BCUT2D eigenvalue weighted by molar-refractivity contribution is 6.04. The molecule has 2 radical (unpaired) electrons. The van der Waals surface area contributed by atoms with Crippen molar-refractivity contribution in [3.63, 3.8) is 0 Å². The first-order valence-corrected chi connectivity index (χ1v) is 6.08. The standard InChI is InChI=1S/C13H16BNO3/c14-15(12-5-7-18-8-6-12)9-10-1-3-11(4-2-10)13(16)17/h1-4,12H,5-9H2,(H,16,17). The van der Waals surface area contributed by atoms with Crippen LogP contribution in [0.15, 0.2) is 24.3 Å². The lowest BCUT2D eigenvalue weighted by atomic mass is 10.0. The lowest BCUT2D eigenvalue weighted by molar-refractivity contribution is 0.0573. The van der Waals surface area contributed by atoms with Crippen molar-refractivity contribution in [2.75, 3.05) is 13.2 Å². The summed E-state index contributed by atoms with van der Waals surface area (Å²) in [7, 11) is 6.04. The quantitative estimate of drug-likeness (QED) is 0.815. The van der Waals surface area contributed by atoms with Gasteiger partial charge in [0.25, 0.3) is 0 Å². The maximum Gasteiger partial charge on any atom is 0.335 e. The van der Waals surface area contributed by atoms with Gasteiger partial charge in [0.1, 0.15) is 0 Å². The van der Waals surface area contributed by atoms with Gasteiger partial charge in [-0.1, -0.05) is 12.1 Å². The molecule has 0 saturated carbocycles. The Labute approximate surface area is 108 Å². The van der Waals surface area contributed by atoms with Crippen molar-refractivity contribution in [2.45, 2.75) is 25.4 Å². The zero-order valence-corrected chi connectivity index (χ0v) is 10.2. The van der Waals surface area contributed by atoms with Gasteiger partial charge in [-0.15, -0.1) is 0 Å². The van der Waals surface area contributed by atoms with E-state index in [0.717, 1.165) is 31.6 Å². The summed E-state index contributed by atoms with van der Waals surface area (Å²) >= 11 is 0. The van der Waals surface area contributed by atoms with Crippen LogP contribution in [0, 0.1) is 0 Å². The fourth-order valence-corrected chi connectivity index (χ4v) is 2.11. The highest BCUT2D eigenvalue weighted by atomic mass is 16.5. The molecular formula is C13H16BNO3. The molecule has 1 aliphatic rings. The maximum absolute atomic E-state index is 10.7. The molecule has 0 amide bonds. The first kappa shape index (κ1) is 13.1. The van der Waals surface area contributed by atoms with Gasteiger partial charge in [-0.3, -0.25) is 0 Å². The molecule has 94 valence electrons. The number of hydrogen-bond acceptors (Lipinski definition) is 3. The lowest BCUT2D eigenvalue weighted by Crippen LogP contribution is -2.37. The predicted molar refractivity (Wildman–Crippen MR) is 68.5 cm³/mol. The Morgan fingerprint density at radius 2 is 1.94 bits per heavy atom. The molecule has 5 heteroatoms. The number of carboxylic acid groups (broad SMARTS) is 1. The van der Waals surface area contributed by atoms with E-state index in [4.69, 9.17) is 17.8 Å². The number of ether oxygens (including phenoxy) is 1. The largest absolute Gasteiger partial charge is 0.478 e. The number of carbonyl (C=O) groups is 1. The topological polar surface area (TPSA) is 49.8 Å². The Kier molecular flexibility index (Phi) is 4.39. The molecule has 0 aromatic heterocycles. The second-order valence-corrected chi connectivity index (χ2v) is 4.52. The highest BCUT2D eigenvalue weighted by Gasteiger charge is 2.17. The van der Waals surface area contributed by atoms with E-state index in [1.54, 1.807) is 12.1 Å². The Hall–Kier alpha value is -1.33. The number of carboxylic acids is 1. The molecule has 0 aliphatic carbocycles. The van der Waals surface area contributed by atoms with Crippen molar-refractivity contribution in [1.82, 2.24) is 4.81 Å². The minimum Gasteiger partial charge on any atom is -0.478 e. The fourth-order valence-electron chi connectivity index (χ4n) is 2.11. The van der Waals surface area contributed by atoms with Crippen LogP contribution in [-0.4, -0.2) is 43.1 Å². The maximum atomic E-state index is 10.7. The van der Waals surface area contributed by atoms with E-state index < -0.39 is 5.97 Å². The Morgan fingerprint density at radius 1 is 1.33 bits per heavy atom. The Bertz CT molecular complexity index is 401. The molecule has 0 spiro atoms. The van der Waals surface area contributed by atoms with Crippen LogP contribution in [0.3, 0.4) is 0 Å². The molecule has 1 N–H and O–H groups in total. The van der Waals surface area contributed by atoms with Gasteiger partial charge >= 0.3 is 5.97 Å². The average molecular weight is 245 g/mol. The SMILES string of the molecule is [B]N(Cc1ccc(C(=O)O)cc1)C1CCOCC1. The third-order valence-corrected chi connectivity index (χ3v) is 3.23. The van der Waals surface area contributed by atoms with Crippen LogP contribution in [0.1, 0.15) is 28.8 Å². The van der Waals surface area contributed by atoms with Gasteiger partial charge in [-0.2, -0.15) is 0 Å². The van der Waals surface area contributed by atoms with Crippen LogP contribution >= 0.6 is 0 Å². The molecule has 1 aromatic rings. The Morgan fingerprint density at radius 3 is 2.50 bits per heavy atom. The number of aromatic carboxylic acids is 1. The van der Waals surface area contributed by atoms with Gasteiger partial charge in [0.05, 0.1) is 5.56 Å². The molecule has 0 bridgehead atoms. The van der Waals surface area contributed by atoms with Crippen LogP contribution in [-0.2, 0) is 11.3 Å². The van der Waals surface area contributed by atoms with Crippen molar-refractivity contribution in [2.24, 2.45) is 0 Å². The summed E-state index contributed by atoms with van der Waals surface area (Å²) < 4.78 is 5.29. The molecule has 1 heterocycles. The van der Waals surface area contributed by atoms with Gasteiger partial charge in [-0.05, 0) is 30.5 Å². The van der Waals surface area contributed by atoms with Crippen molar-refractivity contribution in [3.05, 3.63) is 35.4 Å². The minimum absolute atomic E-state index is 0.299. The smallest absolute Gasteiger partial charge is 0.335 e. The summed E-state index contributed by atoms with van der Waals surface area (Å²) in [5.41, 5.74) is 1.32. The number of hydrogen-bond donors (Lipinski definition) is 1. The number of benzene rings is 1. The van der Waals surface area contributed by atoms with Gasteiger partial charge in [0, 0.05) is 25.8 Å². The first-order valence-electron chi connectivity index (χ1n) is 6.08. The van der Waals surface area contributed by atoms with Crippen LogP contribution < -0.4 is 0 Å². The zero-order chi connectivity index (χ0) is 13.0. The minimum atomic E-state index is -0.907. The van der Waals surface area contributed by atoms with Crippen LogP contribution in [0.25, 0.3) is 0 Å². The third kappa shape index (κ3) is 3.34. The van der Waals surface area contributed by atoms with Gasteiger partial charge in [-0.25, -0.2) is 4.79 Å². The third-order valence-electron chi connectivity index (χ3n) is 3.23. The molecule has 1 saturated heterocycles. The number of nitrogens with zero attached hydrogens (tertiary/aromatic N) is 1. The molecule has 18 heavy (non-hydrogen) atoms. The average Bonchev–Trinajstić information content (AvgIpc) is 2.40. The van der Waals surface area contributed by atoms with E-state index in [9.17, 15) is 4.79 Å². The molecule has 4 nitrogen and oxygen atoms in total. The van der Waals surface area contributed by atoms with Gasteiger partial charge in [0.2, 0.25) is 0 Å². The van der Waals surface area contributed by atoms with E-state index in [1.807, 2.05) is 16.9 Å². The van der Waals surface area contributed by atoms with Gasteiger partial charge < -0.3 is 14.7 Å². The fraction of sp³-hybridized carbons (Fsp3) is 0.462. The van der Waals surface area contributed by atoms with E-state index in [1.165, 1.54) is 0 Å². The van der Waals surface area contributed by atoms with E-state index in [2.05, 4.69) is 0 Å². The van der Waals surface area contributed by atoms with Crippen molar-refractivity contribution in [1.29, 1.82) is 0 Å². The van der Waals surface area contributed by atoms with Gasteiger partial charge in [0.15, 0.2) is 7.98 Å². The second kappa shape index (κ2) is 6.02. The lowest BCUT2D eigenvalue weighted by Gasteiger charge is -2.31. The molecular weight excluding hydrogens is 229 g/mol. The molecule has 0 unspecified atom stereocenters. The van der Waals surface area contributed by atoms with Crippen molar-refractivity contribution >= 4 is 14.0 Å². The summed E-state index contributed by atoms with van der Waals surface area (Å²) in [5.74, 6) is -0.907. The van der Waals surface area contributed by atoms with Crippen LogP contribution in [0.5, 0.6) is 0 Å². The highest BCUT2D eigenvalue weighted by Crippen LogP contribution is 2.15. The summed E-state index contributed by atoms with van der Waals surface area (Å²) in [5, 5.41) is 8.81. The molecule has 2 rings (SSSR count). The zero-order valence-electron chi connectivity index (χ0n) is 10.2. The monoisotopic (exact) mass is 245 g/mol. The van der Waals surface area contributed by atoms with Crippen molar-refractivity contribution < 1.29 is 14.6 Å². The van der Waals surface area contributed by atoms with E-state index in [0.29, 0.717) is 18.2 Å². The number of rotatable bonds is 4. The second-order valence-electron chi connectivity index (χ2n) is 4.52. The molecule has 1 fully saturated rings. The van der Waals surface area contributed by atoms with Crippen LogP contribution in [0.2, 0.25) is 0 Å². The first-order chi connectivity index (χ1) is 8.66. The predicted octanol–water partition coefficient (Wildman–Crippen LogP) is 1.45. The van der Waals surface area contributed by atoms with Crippen LogP contribution in [0.4, 0.5) is 0 Å². The normalized spacial score (nSPS) is 16.9. The van der Waals surface area contributed by atoms with Crippen molar-refractivity contribution in [3.8, 4) is 0 Å². The summed E-state index contributed by atoms with van der Waals surface area (Å²) in [6.45, 7) is 2.15. The van der Waals surface area contributed by atoms with E-state index in [-0.39, 0.29) is 0 Å². The molecule has 1 aromatic carbocycles. The molecule has 0 atom stereocenters. The summed E-state index contributed by atoms with van der Waals surface area (Å²) in [6, 6.07) is 7.17. The summed E-state index contributed by atoms with van der Waals surface area (Å²) in [4.78, 5) is 12.6. The molecule has 1 aliphatic heterocycles. The summed E-state index contributed by atoms with van der Waals surface area (Å²) in [6.07, 6.45) is 1.90.